The molecule has 0 saturated heterocycles. The maximum Gasteiger partial charge on any atom is 0.337 e. The highest BCUT2D eigenvalue weighted by Crippen LogP contribution is 2.22. The zero-order valence-electron chi connectivity index (χ0n) is 9.87. The van der Waals surface area contributed by atoms with Crippen LogP contribution in [-0.4, -0.2) is 46.5 Å². The second-order valence-corrected chi connectivity index (χ2v) is 6.74. The van der Waals surface area contributed by atoms with Crippen molar-refractivity contribution in [3.8, 4) is 0 Å². The summed E-state index contributed by atoms with van der Waals surface area (Å²) < 4.78 is 23.6. The molecule has 2 aromatic rings. The fourth-order valence-electron chi connectivity index (χ4n) is 1.57. The lowest BCUT2D eigenvalue weighted by Crippen LogP contribution is -2.12. The molecule has 9 heteroatoms. The van der Waals surface area contributed by atoms with Gasteiger partial charge in [0.25, 0.3) is 0 Å². The number of hydrogen-bond acceptors (Lipinski definition) is 5. The second kappa shape index (κ2) is 4.78. The van der Waals surface area contributed by atoms with E-state index in [-0.39, 0.29) is 22.9 Å². The summed E-state index contributed by atoms with van der Waals surface area (Å²) in [4.78, 5) is 10.9. The van der Waals surface area contributed by atoms with Gasteiger partial charge in [-0.15, -0.1) is 5.10 Å². The van der Waals surface area contributed by atoms with E-state index in [0.717, 1.165) is 6.26 Å². The number of fused-ring (bicyclic) bond motifs is 1. The second-order valence-electron chi connectivity index (χ2n) is 4.07. The number of aryl methyl sites for hydroxylation is 1. The SMILES string of the molecule is CS(=O)(=O)CCn1nnc2cc(C(=O)O)c(Cl)cc21. The highest BCUT2D eigenvalue weighted by Gasteiger charge is 2.14. The van der Waals surface area contributed by atoms with Crippen molar-refractivity contribution < 1.29 is 18.3 Å². The molecule has 2 rings (SSSR count). The van der Waals surface area contributed by atoms with Crippen molar-refractivity contribution in [2.45, 2.75) is 6.54 Å². The molecule has 1 heterocycles. The number of benzene rings is 1. The average molecular weight is 304 g/mol. The van der Waals surface area contributed by atoms with Gasteiger partial charge in [-0.3, -0.25) is 0 Å². The van der Waals surface area contributed by atoms with Crippen molar-refractivity contribution in [2.75, 3.05) is 12.0 Å². The molecule has 102 valence electrons. The van der Waals surface area contributed by atoms with E-state index in [2.05, 4.69) is 10.3 Å². The quantitative estimate of drug-likeness (QED) is 0.897. The Bertz CT molecular complexity index is 753. The van der Waals surface area contributed by atoms with Crippen LogP contribution in [0.15, 0.2) is 12.1 Å². The van der Waals surface area contributed by atoms with Crippen LogP contribution in [0.3, 0.4) is 0 Å². The normalized spacial score (nSPS) is 11.9. The Kier molecular flexibility index (Phi) is 3.46. The molecule has 0 spiro atoms. The van der Waals surface area contributed by atoms with Crippen molar-refractivity contribution in [1.82, 2.24) is 15.0 Å². The van der Waals surface area contributed by atoms with Gasteiger partial charge in [0, 0.05) is 6.26 Å². The summed E-state index contributed by atoms with van der Waals surface area (Å²) in [5.74, 6) is -1.23. The molecule has 0 fully saturated rings. The molecule has 0 radical (unpaired) electrons. The van der Waals surface area contributed by atoms with Gasteiger partial charge in [-0.05, 0) is 12.1 Å². The predicted molar refractivity (Wildman–Crippen MR) is 69.2 cm³/mol. The number of rotatable bonds is 4. The van der Waals surface area contributed by atoms with Crippen LogP contribution in [0.4, 0.5) is 0 Å². The van der Waals surface area contributed by atoms with E-state index < -0.39 is 15.8 Å². The zero-order valence-corrected chi connectivity index (χ0v) is 11.4. The molecular weight excluding hydrogens is 294 g/mol. The van der Waals surface area contributed by atoms with Gasteiger partial charge in [-0.2, -0.15) is 0 Å². The van der Waals surface area contributed by atoms with Crippen molar-refractivity contribution >= 4 is 38.4 Å². The molecule has 1 N–H and O–H groups in total. The Morgan fingerprint density at radius 1 is 1.47 bits per heavy atom. The Morgan fingerprint density at radius 3 is 2.74 bits per heavy atom. The standard InChI is InChI=1S/C10H10ClN3O4S/c1-19(17,18)3-2-14-9-5-7(11)6(10(15)16)4-8(9)12-13-14/h4-5H,2-3H2,1H3,(H,15,16). The van der Waals surface area contributed by atoms with E-state index in [9.17, 15) is 13.2 Å². The van der Waals surface area contributed by atoms with E-state index in [1.165, 1.54) is 16.8 Å². The van der Waals surface area contributed by atoms with Gasteiger partial charge in [0.1, 0.15) is 15.4 Å². The van der Waals surface area contributed by atoms with Gasteiger partial charge < -0.3 is 5.11 Å². The summed E-state index contributed by atoms with van der Waals surface area (Å²) in [7, 11) is -3.12. The molecular formula is C10H10ClN3O4S. The third-order valence-corrected chi connectivity index (χ3v) is 3.74. The van der Waals surface area contributed by atoms with E-state index >= 15 is 0 Å². The van der Waals surface area contributed by atoms with Gasteiger partial charge in [0.05, 0.1) is 28.4 Å². The third-order valence-electron chi connectivity index (χ3n) is 2.51. The van der Waals surface area contributed by atoms with Gasteiger partial charge in [-0.1, -0.05) is 16.8 Å². The van der Waals surface area contributed by atoms with Crippen LogP contribution in [0.25, 0.3) is 11.0 Å². The van der Waals surface area contributed by atoms with Gasteiger partial charge in [-0.25, -0.2) is 17.9 Å². The molecule has 0 bridgehead atoms. The number of aromatic nitrogens is 3. The number of hydrogen-bond donors (Lipinski definition) is 1. The maximum atomic E-state index is 11.1. The summed E-state index contributed by atoms with van der Waals surface area (Å²) >= 11 is 5.85. The average Bonchev–Trinajstić information content (AvgIpc) is 2.66. The highest BCUT2D eigenvalue weighted by molar-refractivity contribution is 7.90. The molecule has 19 heavy (non-hydrogen) atoms. The van der Waals surface area contributed by atoms with Crippen LogP contribution in [0.2, 0.25) is 5.02 Å². The minimum Gasteiger partial charge on any atom is -0.478 e. The van der Waals surface area contributed by atoms with Gasteiger partial charge in [0.2, 0.25) is 0 Å². The minimum atomic E-state index is -3.12. The van der Waals surface area contributed by atoms with E-state index in [1.54, 1.807) is 0 Å². The number of carbonyl (C=O) groups is 1. The lowest BCUT2D eigenvalue weighted by Gasteiger charge is -2.02. The van der Waals surface area contributed by atoms with Crippen molar-refractivity contribution in [3.05, 3.63) is 22.7 Å². The van der Waals surface area contributed by atoms with Crippen LogP contribution in [0.5, 0.6) is 0 Å². The number of carboxylic acids is 1. The fraction of sp³-hybridized carbons (Fsp3) is 0.300. The monoisotopic (exact) mass is 303 g/mol. The molecule has 0 amide bonds. The Morgan fingerprint density at radius 2 is 2.16 bits per heavy atom. The maximum absolute atomic E-state index is 11.1. The number of sulfone groups is 1. The first kappa shape index (κ1) is 13.8. The number of aromatic carboxylic acids is 1. The molecule has 0 unspecified atom stereocenters. The van der Waals surface area contributed by atoms with Crippen LogP contribution in [-0.2, 0) is 16.4 Å². The zero-order chi connectivity index (χ0) is 14.2. The van der Waals surface area contributed by atoms with Crippen molar-refractivity contribution in [2.24, 2.45) is 0 Å². The molecule has 7 nitrogen and oxygen atoms in total. The summed E-state index contributed by atoms with van der Waals surface area (Å²) in [5.41, 5.74) is 0.790. The van der Waals surface area contributed by atoms with Gasteiger partial charge in [0.15, 0.2) is 0 Å². The predicted octanol–water partition coefficient (Wildman–Crippen LogP) is 0.827. The summed E-state index contributed by atoms with van der Waals surface area (Å²) in [5, 5.41) is 16.6. The van der Waals surface area contributed by atoms with E-state index in [1.807, 2.05) is 0 Å². The smallest absolute Gasteiger partial charge is 0.337 e. The van der Waals surface area contributed by atoms with Crippen LogP contribution >= 0.6 is 11.6 Å². The molecule has 0 aliphatic rings. The number of halogens is 1. The lowest BCUT2D eigenvalue weighted by molar-refractivity contribution is 0.0697. The summed E-state index contributed by atoms with van der Waals surface area (Å²) in [6.45, 7) is 0.137. The van der Waals surface area contributed by atoms with E-state index in [4.69, 9.17) is 16.7 Å². The molecule has 0 saturated carbocycles. The number of carboxylic acid groups (broad SMARTS) is 1. The topological polar surface area (TPSA) is 102 Å². The molecule has 0 aliphatic carbocycles. The van der Waals surface area contributed by atoms with Crippen LogP contribution in [0, 0.1) is 0 Å². The first-order valence-electron chi connectivity index (χ1n) is 5.22. The first-order chi connectivity index (χ1) is 8.78. The largest absolute Gasteiger partial charge is 0.478 e. The van der Waals surface area contributed by atoms with E-state index in [0.29, 0.717) is 11.0 Å². The Balaban J connectivity index is 2.44. The Labute approximate surface area is 113 Å². The van der Waals surface area contributed by atoms with Crippen molar-refractivity contribution in [1.29, 1.82) is 0 Å². The minimum absolute atomic E-state index is 0.0582. The molecule has 1 aromatic carbocycles. The van der Waals surface area contributed by atoms with Crippen LogP contribution in [0.1, 0.15) is 10.4 Å². The first-order valence-corrected chi connectivity index (χ1v) is 7.65. The lowest BCUT2D eigenvalue weighted by atomic mass is 10.2. The fourth-order valence-corrected chi connectivity index (χ4v) is 2.31. The molecule has 0 atom stereocenters. The van der Waals surface area contributed by atoms with Crippen LogP contribution < -0.4 is 0 Å². The summed E-state index contributed by atoms with van der Waals surface area (Å²) in [6, 6.07) is 2.73. The Hall–Kier alpha value is -1.67. The number of nitrogens with zero attached hydrogens (tertiary/aromatic N) is 3. The summed E-state index contributed by atoms with van der Waals surface area (Å²) in [6.07, 6.45) is 1.13. The third kappa shape index (κ3) is 3.02. The highest BCUT2D eigenvalue weighted by atomic mass is 35.5. The molecule has 0 aliphatic heterocycles. The van der Waals surface area contributed by atoms with Crippen molar-refractivity contribution in [3.63, 3.8) is 0 Å². The molecule has 1 aromatic heterocycles. The van der Waals surface area contributed by atoms with Gasteiger partial charge >= 0.3 is 5.97 Å².